The monoisotopic (exact) mass is 342 g/mol. The normalized spacial score (nSPS) is 10.5. The van der Waals surface area contributed by atoms with Crippen LogP contribution in [0.2, 0.25) is 0 Å². The first-order chi connectivity index (χ1) is 10.2. The summed E-state index contributed by atoms with van der Waals surface area (Å²) in [6.07, 6.45) is 0. The van der Waals surface area contributed by atoms with Crippen molar-refractivity contribution in [3.05, 3.63) is 55.6 Å². The maximum atomic E-state index is 11.2. The summed E-state index contributed by atoms with van der Waals surface area (Å²) >= 11 is 10.6. The predicted molar refractivity (Wildman–Crippen MR) is 77.6 cm³/mol. The predicted octanol–water partition coefficient (Wildman–Crippen LogP) is 3.41. The summed E-state index contributed by atoms with van der Waals surface area (Å²) in [5, 5.41) is 19.8. The number of hydrogen-bond acceptors (Lipinski definition) is 6. The number of rotatable bonds is 4. The molecular formula is C12H4Cl2N2O6. The van der Waals surface area contributed by atoms with Crippen molar-refractivity contribution in [2.24, 2.45) is 0 Å². The number of fused-ring (bicyclic) bond motifs is 1. The Kier molecular flexibility index (Phi) is 4.07. The highest BCUT2D eigenvalue weighted by atomic mass is 35.5. The molecule has 2 rings (SSSR count). The average molecular weight is 343 g/mol. The molecular weight excluding hydrogens is 339 g/mol. The van der Waals surface area contributed by atoms with Gasteiger partial charge >= 0.3 is 0 Å². The molecule has 10 heteroatoms. The summed E-state index contributed by atoms with van der Waals surface area (Å²) in [6.45, 7) is 0. The van der Waals surface area contributed by atoms with Gasteiger partial charge in [-0.05, 0) is 35.3 Å². The third-order valence-corrected chi connectivity index (χ3v) is 3.31. The number of carbonyl (C=O) groups is 2. The molecule has 0 unspecified atom stereocenters. The number of halogens is 2. The first kappa shape index (κ1) is 15.8. The van der Waals surface area contributed by atoms with E-state index in [0.717, 1.165) is 24.3 Å². The fourth-order valence-corrected chi connectivity index (χ4v) is 2.17. The minimum absolute atomic E-state index is 0.190. The molecule has 2 aromatic carbocycles. The van der Waals surface area contributed by atoms with Crippen LogP contribution in [0.3, 0.4) is 0 Å². The number of carbonyl (C=O) groups excluding carboxylic acids is 2. The lowest BCUT2D eigenvalue weighted by molar-refractivity contribution is -0.384. The van der Waals surface area contributed by atoms with Crippen molar-refractivity contribution in [3.8, 4) is 0 Å². The largest absolute Gasteiger partial charge is 0.278 e. The molecule has 22 heavy (non-hydrogen) atoms. The lowest BCUT2D eigenvalue weighted by Crippen LogP contribution is -2.00. The molecule has 0 aliphatic carbocycles. The Morgan fingerprint density at radius 1 is 0.773 bits per heavy atom. The van der Waals surface area contributed by atoms with Crippen LogP contribution in [0.5, 0.6) is 0 Å². The van der Waals surface area contributed by atoms with E-state index in [1.807, 2.05) is 0 Å². The fourth-order valence-electron chi connectivity index (χ4n) is 1.95. The van der Waals surface area contributed by atoms with Crippen LogP contribution in [-0.4, -0.2) is 20.3 Å². The van der Waals surface area contributed by atoms with Crippen LogP contribution < -0.4 is 0 Å². The Balaban J connectivity index is 3.03. The highest BCUT2D eigenvalue weighted by Gasteiger charge is 2.24. The van der Waals surface area contributed by atoms with E-state index >= 15 is 0 Å². The number of nitro benzene ring substituents is 2. The van der Waals surface area contributed by atoms with E-state index in [1.54, 1.807) is 0 Å². The Bertz CT molecular complexity index is 793. The van der Waals surface area contributed by atoms with Gasteiger partial charge in [-0.1, -0.05) is 0 Å². The Hall–Kier alpha value is -2.58. The van der Waals surface area contributed by atoms with Crippen molar-refractivity contribution in [1.82, 2.24) is 0 Å². The molecule has 0 fully saturated rings. The zero-order valence-electron chi connectivity index (χ0n) is 10.4. The molecule has 0 aromatic heterocycles. The van der Waals surface area contributed by atoms with Gasteiger partial charge in [0.05, 0.1) is 20.6 Å². The number of non-ortho nitro benzene ring substituents is 2. The zero-order chi connectivity index (χ0) is 16.6. The molecule has 0 bridgehead atoms. The third kappa shape index (κ3) is 2.74. The molecule has 8 nitrogen and oxygen atoms in total. The van der Waals surface area contributed by atoms with Gasteiger partial charge in [0.25, 0.3) is 21.9 Å². The minimum atomic E-state index is -1.00. The molecule has 0 saturated carbocycles. The maximum Gasteiger partial charge on any atom is 0.278 e. The Morgan fingerprint density at radius 2 is 1.09 bits per heavy atom. The van der Waals surface area contributed by atoms with Crippen molar-refractivity contribution >= 4 is 55.8 Å². The van der Waals surface area contributed by atoms with E-state index in [4.69, 9.17) is 23.2 Å². The van der Waals surface area contributed by atoms with Crippen LogP contribution in [0, 0.1) is 20.2 Å². The van der Waals surface area contributed by atoms with Gasteiger partial charge in [0.15, 0.2) is 0 Å². The first-order valence-corrected chi connectivity index (χ1v) is 6.28. The van der Waals surface area contributed by atoms with Gasteiger partial charge in [0.1, 0.15) is 0 Å². The van der Waals surface area contributed by atoms with E-state index in [-0.39, 0.29) is 21.9 Å². The molecule has 2 aromatic rings. The van der Waals surface area contributed by atoms with Crippen LogP contribution in [0.25, 0.3) is 10.8 Å². The smallest absolute Gasteiger partial charge is 0.276 e. The van der Waals surface area contributed by atoms with Crippen LogP contribution in [0.1, 0.15) is 20.7 Å². The van der Waals surface area contributed by atoms with Gasteiger partial charge in [-0.2, -0.15) is 0 Å². The number of nitrogens with zero attached hydrogens (tertiary/aromatic N) is 2. The van der Waals surface area contributed by atoms with Crippen molar-refractivity contribution in [2.75, 3.05) is 0 Å². The third-order valence-electron chi connectivity index (χ3n) is 2.87. The SMILES string of the molecule is O=C(Cl)c1cc([N+](=O)[O-])c2cc(C(=O)Cl)cc([N+](=O)[O-])c2c1. The summed E-state index contributed by atoms with van der Waals surface area (Å²) in [6, 6.07) is 3.87. The molecule has 112 valence electrons. The number of hydrogen-bond donors (Lipinski definition) is 0. The molecule has 0 spiro atoms. The molecule has 0 atom stereocenters. The molecule has 0 N–H and O–H groups in total. The molecule has 0 aliphatic heterocycles. The second-order valence-corrected chi connectivity index (χ2v) is 4.83. The molecule has 0 amide bonds. The van der Waals surface area contributed by atoms with Gasteiger partial charge in [-0.25, -0.2) is 0 Å². The van der Waals surface area contributed by atoms with Gasteiger partial charge in [0, 0.05) is 23.3 Å². The zero-order valence-corrected chi connectivity index (χ0v) is 11.9. The quantitative estimate of drug-likeness (QED) is 0.476. The minimum Gasteiger partial charge on any atom is -0.276 e. The number of nitro groups is 2. The number of benzene rings is 2. The van der Waals surface area contributed by atoms with Crippen LogP contribution >= 0.6 is 23.2 Å². The fraction of sp³-hybridized carbons (Fsp3) is 0. The van der Waals surface area contributed by atoms with Crippen molar-refractivity contribution in [1.29, 1.82) is 0 Å². The second kappa shape index (κ2) is 5.66. The summed E-state index contributed by atoms with van der Waals surface area (Å²) in [5.74, 6) is 0. The van der Waals surface area contributed by atoms with Gasteiger partial charge in [0.2, 0.25) is 0 Å². The lowest BCUT2D eigenvalue weighted by atomic mass is 10.0. The van der Waals surface area contributed by atoms with Crippen molar-refractivity contribution in [3.63, 3.8) is 0 Å². The Labute approximate surface area is 131 Å². The molecule has 0 aliphatic rings. The van der Waals surface area contributed by atoms with E-state index < -0.39 is 31.7 Å². The summed E-state index contributed by atoms with van der Waals surface area (Å²) < 4.78 is 0. The van der Waals surface area contributed by atoms with Gasteiger partial charge < -0.3 is 0 Å². The second-order valence-electron chi connectivity index (χ2n) is 4.15. The molecule has 0 saturated heterocycles. The molecule has 0 heterocycles. The topological polar surface area (TPSA) is 120 Å². The van der Waals surface area contributed by atoms with E-state index in [2.05, 4.69) is 0 Å². The van der Waals surface area contributed by atoms with E-state index in [1.165, 1.54) is 0 Å². The van der Waals surface area contributed by atoms with Crippen molar-refractivity contribution in [2.45, 2.75) is 0 Å². The highest BCUT2D eigenvalue weighted by Crippen LogP contribution is 2.35. The highest BCUT2D eigenvalue weighted by molar-refractivity contribution is 6.68. The van der Waals surface area contributed by atoms with Gasteiger partial charge in [-0.3, -0.25) is 29.8 Å². The standard InChI is InChI=1S/C12H4Cl2N2O6/c13-11(17)5-1-7-8(10(3-5)16(21)22)2-6(12(14)18)4-9(7)15(19)20/h1-4H. The van der Waals surface area contributed by atoms with Crippen LogP contribution in [-0.2, 0) is 0 Å². The first-order valence-electron chi connectivity index (χ1n) is 5.52. The van der Waals surface area contributed by atoms with Crippen molar-refractivity contribution < 1.29 is 19.4 Å². The maximum absolute atomic E-state index is 11.2. The Morgan fingerprint density at radius 3 is 1.32 bits per heavy atom. The summed E-state index contributed by atoms with van der Waals surface area (Å²) in [7, 11) is 0. The van der Waals surface area contributed by atoms with E-state index in [0.29, 0.717) is 0 Å². The van der Waals surface area contributed by atoms with E-state index in [9.17, 15) is 29.8 Å². The van der Waals surface area contributed by atoms with Crippen LogP contribution in [0.15, 0.2) is 24.3 Å². The lowest BCUT2D eigenvalue weighted by Gasteiger charge is -2.05. The summed E-state index contributed by atoms with van der Waals surface area (Å²) in [4.78, 5) is 43.0. The van der Waals surface area contributed by atoms with Gasteiger partial charge in [-0.15, -0.1) is 0 Å². The van der Waals surface area contributed by atoms with Crippen LogP contribution in [0.4, 0.5) is 11.4 Å². The molecule has 0 radical (unpaired) electrons. The average Bonchev–Trinajstić information content (AvgIpc) is 2.44. The summed E-state index contributed by atoms with van der Waals surface area (Å²) in [5.41, 5.74) is -1.73.